The minimum atomic E-state index is -0.546. The molecule has 0 radical (unpaired) electrons. The zero-order chi connectivity index (χ0) is 17.8. The number of thiazole rings is 1. The van der Waals surface area contributed by atoms with Gasteiger partial charge in [-0.2, -0.15) is 0 Å². The van der Waals surface area contributed by atoms with Gasteiger partial charge in [0.05, 0.1) is 5.92 Å². The third kappa shape index (κ3) is 4.11. The number of Topliss-reactive ketones (excluding diaryl/α,β-unsaturated/α-hetero) is 1. The summed E-state index contributed by atoms with van der Waals surface area (Å²) in [5.41, 5.74) is 1.41. The molecule has 2 amide bonds. The minimum Gasteiger partial charge on any atom is -0.335 e. The van der Waals surface area contributed by atoms with Crippen molar-refractivity contribution in [2.45, 2.75) is 19.8 Å². The number of nitrogens with zero attached hydrogens (tertiary/aromatic N) is 2. The zero-order valence-corrected chi connectivity index (χ0v) is 14.7. The van der Waals surface area contributed by atoms with Gasteiger partial charge in [-0.05, 0) is 19.8 Å². The first-order valence-electron chi connectivity index (χ1n) is 8.15. The topological polar surface area (TPSA) is 79.4 Å². The second-order valence-electron chi connectivity index (χ2n) is 6.11. The number of piperidine rings is 1. The summed E-state index contributed by atoms with van der Waals surface area (Å²) < 4.78 is 0. The molecule has 0 spiro atoms. The average Bonchev–Trinajstić information content (AvgIpc) is 3.14. The summed E-state index contributed by atoms with van der Waals surface area (Å²) in [6, 6.07) is 6.93. The summed E-state index contributed by atoms with van der Waals surface area (Å²) in [5, 5.41) is 5.09. The van der Waals surface area contributed by atoms with Crippen molar-refractivity contribution in [3.8, 4) is 0 Å². The Morgan fingerprint density at radius 2 is 2.00 bits per heavy atom. The van der Waals surface area contributed by atoms with Gasteiger partial charge < -0.3 is 10.2 Å². The highest BCUT2D eigenvalue weighted by Gasteiger charge is 2.31. The molecule has 1 fully saturated rings. The number of hydrogen-bond acceptors (Lipinski definition) is 5. The quantitative estimate of drug-likeness (QED) is 0.673. The standard InChI is InChI=1S/C18H19N3O3S/c1-12-4-6-13(7-5-12)15(22)17(24)21-9-2-3-14(11-21)16(23)20-18-19-8-10-25-18/h4-8,10,14H,2-3,9,11H2,1H3,(H,19,20,23). The van der Waals surface area contributed by atoms with Gasteiger partial charge in [0.2, 0.25) is 11.7 Å². The van der Waals surface area contributed by atoms with Crippen LogP contribution in [0.1, 0.15) is 28.8 Å². The lowest BCUT2D eigenvalue weighted by molar-refractivity contribution is -0.130. The van der Waals surface area contributed by atoms with Crippen LogP contribution < -0.4 is 5.32 Å². The molecule has 6 nitrogen and oxygen atoms in total. The molecule has 130 valence electrons. The van der Waals surface area contributed by atoms with Gasteiger partial charge in [0.1, 0.15) is 0 Å². The van der Waals surface area contributed by atoms with Gasteiger partial charge in [0.15, 0.2) is 5.13 Å². The van der Waals surface area contributed by atoms with Crippen molar-refractivity contribution in [2.75, 3.05) is 18.4 Å². The largest absolute Gasteiger partial charge is 0.335 e. The number of likely N-dealkylation sites (tertiary alicyclic amines) is 1. The summed E-state index contributed by atoms with van der Waals surface area (Å²) in [7, 11) is 0. The Balaban J connectivity index is 1.64. The number of hydrogen-bond donors (Lipinski definition) is 1. The molecule has 25 heavy (non-hydrogen) atoms. The molecule has 1 aliphatic rings. The summed E-state index contributed by atoms with van der Waals surface area (Å²) in [5.74, 6) is -1.56. The maximum Gasteiger partial charge on any atom is 0.294 e. The zero-order valence-electron chi connectivity index (χ0n) is 13.9. The number of ketones is 1. The highest BCUT2D eigenvalue weighted by atomic mass is 32.1. The molecule has 0 bridgehead atoms. The van der Waals surface area contributed by atoms with Gasteiger partial charge in [0, 0.05) is 30.2 Å². The fraction of sp³-hybridized carbons (Fsp3) is 0.333. The Morgan fingerprint density at radius 1 is 1.24 bits per heavy atom. The van der Waals surface area contributed by atoms with E-state index in [2.05, 4.69) is 10.3 Å². The van der Waals surface area contributed by atoms with Crippen molar-refractivity contribution >= 4 is 34.1 Å². The Hall–Kier alpha value is -2.54. The molecule has 1 N–H and O–H groups in total. The molecule has 2 aromatic rings. The predicted molar refractivity (Wildman–Crippen MR) is 95.6 cm³/mol. The number of carbonyl (C=O) groups is 3. The molecule has 1 aliphatic heterocycles. The van der Waals surface area contributed by atoms with E-state index in [0.29, 0.717) is 30.1 Å². The van der Waals surface area contributed by atoms with Gasteiger partial charge >= 0.3 is 0 Å². The van der Waals surface area contributed by atoms with Crippen LogP contribution in [0.25, 0.3) is 0 Å². The van der Waals surface area contributed by atoms with E-state index in [4.69, 9.17) is 0 Å². The number of benzene rings is 1. The predicted octanol–water partition coefficient (Wildman–Crippen LogP) is 2.51. The van der Waals surface area contributed by atoms with Crippen LogP contribution in [0, 0.1) is 12.8 Å². The average molecular weight is 357 g/mol. The number of aromatic nitrogens is 1. The van der Waals surface area contributed by atoms with Gasteiger partial charge in [-0.25, -0.2) is 4.98 Å². The smallest absolute Gasteiger partial charge is 0.294 e. The van der Waals surface area contributed by atoms with Crippen molar-refractivity contribution in [3.63, 3.8) is 0 Å². The summed E-state index contributed by atoms with van der Waals surface area (Å²) in [6.45, 7) is 2.68. The number of aryl methyl sites for hydroxylation is 1. The first-order chi connectivity index (χ1) is 12.0. The van der Waals surface area contributed by atoms with E-state index in [0.717, 1.165) is 5.56 Å². The Morgan fingerprint density at radius 3 is 2.68 bits per heavy atom. The SMILES string of the molecule is Cc1ccc(C(=O)C(=O)N2CCCC(C(=O)Nc3nccs3)C2)cc1. The maximum absolute atomic E-state index is 12.5. The molecule has 3 rings (SSSR count). The first-order valence-corrected chi connectivity index (χ1v) is 9.03. The Kier molecular flexibility index (Phi) is 5.23. The van der Waals surface area contributed by atoms with Crippen molar-refractivity contribution in [3.05, 3.63) is 47.0 Å². The van der Waals surface area contributed by atoms with Crippen molar-refractivity contribution < 1.29 is 14.4 Å². The number of nitrogens with one attached hydrogen (secondary N) is 1. The van der Waals surface area contributed by atoms with E-state index in [1.165, 1.54) is 16.2 Å². The lowest BCUT2D eigenvalue weighted by Crippen LogP contribution is -2.46. The second kappa shape index (κ2) is 7.57. The van der Waals surface area contributed by atoms with Crippen LogP contribution in [0.15, 0.2) is 35.8 Å². The third-order valence-electron chi connectivity index (χ3n) is 4.25. The lowest BCUT2D eigenvalue weighted by Gasteiger charge is -2.31. The van der Waals surface area contributed by atoms with E-state index in [-0.39, 0.29) is 18.4 Å². The van der Waals surface area contributed by atoms with Crippen molar-refractivity contribution in [2.24, 2.45) is 5.92 Å². The summed E-state index contributed by atoms with van der Waals surface area (Å²) in [4.78, 5) is 42.8. The fourth-order valence-electron chi connectivity index (χ4n) is 2.84. The lowest BCUT2D eigenvalue weighted by atomic mass is 9.96. The minimum absolute atomic E-state index is 0.157. The fourth-order valence-corrected chi connectivity index (χ4v) is 3.37. The third-order valence-corrected chi connectivity index (χ3v) is 4.94. The van der Waals surface area contributed by atoms with Crippen molar-refractivity contribution in [1.82, 2.24) is 9.88 Å². The van der Waals surface area contributed by atoms with Crippen LogP contribution in [-0.2, 0) is 9.59 Å². The molecular weight excluding hydrogens is 338 g/mol. The highest BCUT2D eigenvalue weighted by molar-refractivity contribution is 7.13. The van der Waals surface area contributed by atoms with Crippen LogP contribution >= 0.6 is 11.3 Å². The Bertz CT molecular complexity index is 771. The molecule has 1 aromatic heterocycles. The number of anilines is 1. The van der Waals surface area contributed by atoms with E-state index >= 15 is 0 Å². The van der Waals surface area contributed by atoms with Gasteiger partial charge in [-0.3, -0.25) is 14.4 Å². The van der Waals surface area contributed by atoms with Crippen LogP contribution in [0.5, 0.6) is 0 Å². The number of carbonyl (C=O) groups excluding carboxylic acids is 3. The molecule has 1 unspecified atom stereocenters. The molecule has 1 saturated heterocycles. The van der Waals surface area contributed by atoms with Crippen molar-refractivity contribution in [1.29, 1.82) is 0 Å². The molecule has 1 atom stereocenters. The molecule has 0 aliphatic carbocycles. The van der Waals surface area contributed by atoms with Crippen LogP contribution in [-0.4, -0.2) is 40.6 Å². The number of amides is 2. The highest BCUT2D eigenvalue weighted by Crippen LogP contribution is 2.20. The molecule has 0 saturated carbocycles. The molecule has 1 aromatic carbocycles. The van der Waals surface area contributed by atoms with Crippen LogP contribution in [0.4, 0.5) is 5.13 Å². The first kappa shape index (κ1) is 17.3. The second-order valence-corrected chi connectivity index (χ2v) is 7.01. The maximum atomic E-state index is 12.5. The van der Waals surface area contributed by atoms with E-state index in [9.17, 15) is 14.4 Å². The monoisotopic (exact) mass is 357 g/mol. The number of rotatable bonds is 4. The molecule has 7 heteroatoms. The van der Waals surface area contributed by atoms with Crippen LogP contribution in [0.3, 0.4) is 0 Å². The van der Waals surface area contributed by atoms with Gasteiger partial charge in [-0.15, -0.1) is 11.3 Å². The summed E-state index contributed by atoms with van der Waals surface area (Å²) in [6.07, 6.45) is 3.01. The Labute approximate surface area is 149 Å². The van der Waals surface area contributed by atoms with E-state index in [1.54, 1.807) is 35.8 Å². The van der Waals surface area contributed by atoms with E-state index < -0.39 is 11.7 Å². The van der Waals surface area contributed by atoms with E-state index in [1.807, 2.05) is 6.92 Å². The van der Waals surface area contributed by atoms with Gasteiger partial charge in [0.25, 0.3) is 5.91 Å². The van der Waals surface area contributed by atoms with Gasteiger partial charge in [-0.1, -0.05) is 29.8 Å². The summed E-state index contributed by atoms with van der Waals surface area (Å²) >= 11 is 1.35. The van der Waals surface area contributed by atoms with Crippen LogP contribution in [0.2, 0.25) is 0 Å². The molecule has 2 heterocycles. The molecular formula is C18H19N3O3S. The normalized spacial score (nSPS) is 17.2.